The van der Waals surface area contributed by atoms with Gasteiger partial charge in [-0.1, -0.05) is 39.8 Å². The molecule has 0 aromatic heterocycles. The van der Waals surface area contributed by atoms with Crippen molar-refractivity contribution in [2.45, 2.75) is 59.8 Å². The van der Waals surface area contributed by atoms with Crippen molar-refractivity contribution in [3.8, 4) is 0 Å². The zero-order chi connectivity index (χ0) is 12.3. The highest BCUT2D eigenvalue weighted by Gasteiger charge is 2.32. The summed E-state index contributed by atoms with van der Waals surface area (Å²) >= 11 is 0. The molecule has 1 aliphatic rings. The van der Waals surface area contributed by atoms with Gasteiger partial charge in [0.15, 0.2) is 0 Å². The Balaban J connectivity index is 2.53. The van der Waals surface area contributed by atoms with Crippen LogP contribution in [0.1, 0.15) is 59.8 Å². The molecule has 1 fully saturated rings. The molecule has 16 heavy (non-hydrogen) atoms. The number of hydrogen-bond acceptors (Lipinski definition) is 1. The lowest BCUT2D eigenvalue weighted by molar-refractivity contribution is -0.119. The molecule has 1 rings (SSSR count). The minimum Gasteiger partial charge on any atom is -0.300 e. The monoisotopic (exact) mass is 222 g/mol. The van der Waals surface area contributed by atoms with Gasteiger partial charge in [0.05, 0.1) is 0 Å². The van der Waals surface area contributed by atoms with E-state index < -0.39 is 0 Å². The second kappa shape index (κ2) is 5.16. The maximum Gasteiger partial charge on any atom is 0.133 e. The highest BCUT2D eigenvalue weighted by molar-refractivity contribution is 5.78. The Labute approximate surface area is 100 Å². The summed E-state index contributed by atoms with van der Waals surface area (Å²) in [5, 5.41) is 0. The third kappa shape index (κ3) is 3.47. The van der Waals surface area contributed by atoms with Gasteiger partial charge in [0.1, 0.15) is 5.78 Å². The second-order valence-corrected chi connectivity index (χ2v) is 6.30. The number of carbonyl (C=O) groups is 1. The summed E-state index contributed by atoms with van der Waals surface area (Å²) in [6, 6.07) is 0. The summed E-state index contributed by atoms with van der Waals surface area (Å²) in [5.41, 5.74) is 1.69. The van der Waals surface area contributed by atoms with Gasteiger partial charge < -0.3 is 0 Å². The zero-order valence-electron chi connectivity index (χ0n) is 11.3. The predicted molar refractivity (Wildman–Crippen MR) is 69.3 cm³/mol. The molecule has 0 bridgehead atoms. The zero-order valence-corrected chi connectivity index (χ0v) is 11.3. The molecule has 1 heteroatoms. The molecular weight excluding hydrogens is 196 g/mol. The summed E-state index contributed by atoms with van der Waals surface area (Å²) in [7, 11) is 0. The Bertz CT molecular complexity index is 270. The highest BCUT2D eigenvalue weighted by Crippen LogP contribution is 2.42. The van der Waals surface area contributed by atoms with E-state index in [0.29, 0.717) is 23.5 Å². The van der Waals surface area contributed by atoms with Crippen molar-refractivity contribution in [2.75, 3.05) is 0 Å². The van der Waals surface area contributed by atoms with Crippen LogP contribution >= 0.6 is 0 Å². The summed E-state index contributed by atoms with van der Waals surface area (Å²) in [4.78, 5) is 11.5. The molecule has 0 saturated heterocycles. The fourth-order valence-electron chi connectivity index (χ4n) is 2.60. The van der Waals surface area contributed by atoms with Crippen LogP contribution in [0.3, 0.4) is 0 Å². The number of allylic oxidation sites excluding steroid dienone is 1. The van der Waals surface area contributed by atoms with Crippen LogP contribution in [0.4, 0.5) is 0 Å². The first kappa shape index (κ1) is 13.5. The van der Waals surface area contributed by atoms with Crippen LogP contribution in [0.25, 0.3) is 0 Å². The van der Waals surface area contributed by atoms with Gasteiger partial charge in [-0.25, -0.2) is 0 Å². The van der Waals surface area contributed by atoms with Gasteiger partial charge in [-0.3, -0.25) is 4.79 Å². The van der Waals surface area contributed by atoms with Crippen molar-refractivity contribution < 1.29 is 4.79 Å². The molecule has 0 amide bonds. The van der Waals surface area contributed by atoms with Crippen molar-refractivity contribution in [3.05, 3.63) is 12.2 Å². The van der Waals surface area contributed by atoms with E-state index >= 15 is 0 Å². The van der Waals surface area contributed by atoms with E-state index in [1.54, 1.807) is 0 Å². The largest absolute Gasteiger partial charge is 0.300 e. The Morgan fingerprint density at radius 2 is 2.00 bits per heavy atom. The van der Waals surface area contributed by atoms with Crippen LogP contribution in [0.15, 0.2) is 12.2 Å². The van der Waals surface area contributed by atoms with E-state index in [0.717, 1.165) is 25.2 Å². The van der Waals surface area contributed by atoms with Crippen molar-refractivity contribution in [1.29, 1.82) is 0 Å². The van der Waals surface area contributed by atoms with Crippen LogP contribution in [0.2, 0.25) is 0 Å². The van der Waals surface area contributed by atoms with Gasteiger partial charge >= 0.3 is 0 Å². The van der Waals surface area contributed by atoms with E-state index in [1.165, 1.54) is 12.0 Å². The first-order valence-corrected chi connectivity index (χ1v) is 6.54. The van der Waals surface area contributed by atoms with Crippen LogP contribution in [-0.2, 0) is 4.79 Å². The minimum absolute atomic E-state index is 0.378. The van der Waals surface area contributed by atoms with Gasteiger partial charge in [0, 0.05) is 12.8 Å². The molecule has 0 aromatic carbocycles. The maximum atomic E-state index is 11.5. The van der Waals surface area contributed by atoms with E-state index in [2.05, 4.69) is 27.4 Å². The lowest BCUT2D eigenvalue weighted by Crippen LogP contribution is -2.28. The molecule has 0 aromatic rings. The number of Topliss-reactive ketones (excluding diaryl/α,β-unsaturated/α-hetero) is 1. The quantitative estimate of drug-likeness (QED) is 0.648. The molecule has 92 valence electrons. The summed E-state index contributed by atoms with van der Waals surface area (Å²) in [6.45, 7) is 13.1. The number of hydrogen-bond donors (Lipinski definition) is 0. The normalized spacial score (nSPS) is 26.9. The van der Waals surface area contributed by atoms with Crippen LogP contribution in [0, 0.1) is 17.3 Å². The minimum atomic E-state index is 0.378. The van der Waals surface area contributed by atoms with Gasteiger partial charge in [-0.2, -0.15) is 0 Å². The average Bonchev–Trinajstić information content (AvgIpc) is 2.19. The molecule has 0 N–H and O–H groups in total. The molecule has 1 aliphatic carbocycles. The topological polar surface area (TPSA) is 17.1 Å². The lowest BCUT2D eigenvalue weighted by atomic mass is 9.67. The Hall–Kier alpha value is -0.590. The number of carbonyl (C=O) groups excluding carboxylic acids is 1. The second-order valence-electron chi connectivity index (χ2n) is 6.30. The lowest BCUT2D eigenvalue weighted by Gasteiger charge is -2.38. The number of rotatable bonds is 3. The third-order valence-electron chi connectivity index (χ3n) is 4.04. The Morgan fingerprint density at radius 3 is 2.44 bits per heavy atom. The highest BCUT2D eigenvalue weighted by atomic mass is 16.1. The fourth-order valence-corrected chi connectivity index (χ4v) is 2.60. The van der Waals surface area contributed by atoms with Crippen LogP contribution in [0.5, 0.6) is 0 Å². The molecule has 0 unspecified atom stereocenters. The smallest absolute Gasteiger partial charge is 0.133 e. The summed E-state index contributed by atoms with van der Waals surface area (Å²) in [6.07, 6.45) is 4.93. The molecule has 0 heterocycles. The van der Waals surface area contributed by atoms with Crippen LogP contribution in [-0.4, -0.2) is 5.78 Å². The number of ketones is 1. The molecule has 0 radical (unpaired) electrons. The molecule has 0 aliphatic heterocycles. The average molecular weight is 222 g/mol. The SMILES string of the molecule is C=C1C[C@@H](C(C)(C)C)CC[C@H]1CC(=O)CC. The van der Waals surface area contributed by atoms with E-state index in [-0.39, 0.29) is 0 Å². The fraction of sp³-hybridized carbons (Fsp3) is 0.800. The summed E-state index contributed by atoms with van der Waals surface area (Å²) in [5.74, 6) is 1.60. The summed E-state index contributed by atoms with van der Waals surface area (Å²) < 4.78 is 0. The van der Waals surface area contributed by atoms with Crippen LogP contribution < -0.4 is 0 Å². The van der Waals surface area contributed by atoms with Gasteiger partial charge in [0.2, 0.25) is 0 Å². The standard InChI is InChI=1S/C15H26O/c1-6-14(16)10-12-7-8-13(9-11(12)2)15(3,4)5/h12-13H,2,6-10H2,1,3-5H3/t12-,13-/m0/s1. The predicted octanol–water partition coefficient (Wildman–Crippen LogP) is 4.37. The van der Waals surface area contributed by atoms with Gasteiger partial charge in [-0.15, -0.1) is 0 Å². The first-order valence-electron chi connectivity index (χ1n) is 6.54. The van der Waals surface area contributed by atoms with Gasteiger partial charge in [0.25, 0.3) is 0 Å². The van der Waals surface area contributed by atoms with E-state index in [9.17, 15) is 4.79 Å². The molecular formula is C15H26O. The van der Waals surface area contributed by atoms with Crippen molar-refractivity contribution >= 4 is 5.78 Å². The maximum absolute atomic E-state index is 11.5. The first-order chi connectivity index (χ1) is 7.34. The Kier molecular flexibility index (Phi) is 4.35. The van der Waals surface area contributed by atoms with E-state index in [4.69, 9.17) is 0 Å². The van der Waals surface area contributed by atoms with Crippen molar-refractivity contribution in [1.82, 2.24) is 0 Å². The van der Waals surface area contributed by atoms with E-state index in [1.807, 2.05) is 6.92 Å². The molecule has 2 atom stereocenters. The molecule has 0 spiro atoms. The van der Waals surface area contributed by atoms with Gasteiger partial charge in [-0.05, 0) is 36.5 Å². The molecule has 1 saturated carbocycles. The Morgan fingerprint density at radius 1 is 1.38 bits per heavy atom. The third-order valence-corrected chi connectivity index (χ3v) is 4.04. The van der Waals surface area contributed by atoms with Crippen molar-refractivity contribution in [3.63, 3.8) is 0 Å². The van der Waals surface area contributed by atoms with Crippen molar-refractivity contribution in [2.24, 2.45) is 17.3 Å². The molecule has 1 nitrogen and oxygen atoms in total.